The Kier molecular flexibility index (Phi) is 3.73. The third-order valence-electron chi connectivity index (χ3n) is 4.58. The molecule has 0 bridgehead atoms. The van der Waals surface area contributed by atoms with Crippen LogP contribution in [0.25, 0.3) is 0 Å². The Morgan fingerprint density at radius 2 is 2.06 bits per heavy atom. The number of nitrogens with two attached hydrogens (primary N) is 1. The number of piperidine rings is 1. The lowest BCUT2D eigenvalue weighted by Gasteiger charge is -2.40. The second-order valence-electron chi connectivity index (χ2n) is 5.80. The zero-order valence-corrected chi connectivity index (χ0v) is 10.9. The van der Waals surface area contributed by atoms with Gasteiger partial charge in [-0.25, -0.2) is 0 Å². The average Bonchev–Trinajstić information content (AvgIpc) is 2.76. The number of carbonyl (C=O) groups excluding carboxylic acids is 1. The molecule has 0 saturated carbocycles. The molecule has 0 aromatic rings. The second-order valence-corrected chi connectivity index (χ2v) is 5.80. The van der Waals surface area contributed by atoms with Crippen molar-refractivity contribution in [2.75, 3.05) is 26.3 Å². The summed E-state index contributed by atoms with van der Waals surface area (Å²) in [7, 11) is 0. The first-order valence-corrected chi connectivity index (χ1v) is 6.68. The summed E-state index contributed by atoms with van der Waals surface area (Å²) < 4.78 is 5.27. The summed E-state index contributed by atoms with van der Waals surface area (Å²) in [6, 6.07) is -0.109. The van der Waals surface area contributed by atoms with Gasteiger partial charge in [0.2, 0.25) is 5.91 Å². The Morgan fingerprint density at radius 3 is 2.53 bits per heavy atom. The van der Waals surface area contributed by atoms with Gasteiger partial charge in [0.05, 0.1) is 19.1 Å². The van der Waals surface area contributed by atoms with Crippen LogP contribution < -0.4 is 5.73 Å². The minimum Gasteiger partial charge on any atom is -0.379 e. The fraction of sp³-hybridized carbons (Fsp3) is 0.923. The third-order valence-corrected chi connectivity index (χ3v) is 4.58. The molecule has 2 atom stereocenters. The summed E-state index contributed by atoms with van der Waals surface area (Å²) in [4.78, 5) is 14.3. The number of rotatable bonds is 2. The van der Waals surface area contributed by atoms with E-state index in [-0.39, 0.29) is 17.9 Å². The van der Waals surface area contributed by atoms with Crippen LogP contribution >= 0.6 is 0 Å². The van der Waals surface area contributed by atoms with Gasteiger partial charge in [0.25, 0.3) is 0 Å². The van der Waals surface area contributed by atoms with Gasteiger partial charge in [-0.05, 0) is 18.3 Å². The van der Waals surface area contributed by atoms with E-state index >= 15 is 0 Å². The Hall–Kier alpha value is -0.610. The van der Waals surface area contributed by atoms with Crippen LogP contribution in [0.1, 0.15) is 33.1 Å². The van der Waals surface area contributed by atoms with E-state index in [0.717, 1.165) is 25.9 Å². The van der Waals surface area contributed by atoms with E-state index in [9.17, 15) is 4.79 Å². The monoisotopic (exact) mass is 240 g/mol. The van der Waals surface area contributed by atoms with E-state index in [1.807, 2.05) is 4.90 Å². The van der Waals surface area contributed by atoms with Crippen LogP contribution in [0.3, 0.4) is 0 Å². The smallest absolute Gasteiger partial charge is 0.229 e. The SMILES string of the molecule is CCC1(C)CCN(C(=O)C2COCC2N)CC1. The molecule has 0 aliphatic carbocycles. The Bertz CT molecular complexity index is 285. The van der Waals surface area contributed by atoms with Crippen LogP contribution in [0.5, 0.6) is 0 Å². The molecule has 2 fully saturated rings. The number of carbonyl (C=O) groups is 1. The normalized spacial score (nSPS) is 32.8. The van der Waals surface area contributed by atoms with Gasteiger partial charge in [0, 0.05) is 19.1 Å². The molecular formula is C13H24N2O2. The molecule has 0 spiro atoms. The molecule has 2 aliphatic heterocycles. The maximum atomic E-state index is 12.3. The summed E-state index contributed by atoms with van der Waals surface area (Å²) in [5, 5.41) is 0. The van der Waals surface area contributed by atoms with Gasteiger partial charge in [-0.1, -0.05) is 20.3 Å². The fourth-order valence-electron chi connectivity index (χ4n) is 2.68. The predicted octanol–water partition coefficient (Wildman–Crippen LogP) is 0.999. The van der Waals surface area contributed by atoms with Crippen molar-refractivity contribution in [2.45, 2.75) is 39.2 Å². The molecule has 2 saturated heterocycles. The summed E-state index contributed by atoms with van der Waals surface area (Å²) in [6.07, 6.45) is 3.41. The van der Waals surface area contributed by atoms with Crippen molar-refractivity contribution in [1.29, 1.82) is 0 Å². The molecule has 0 radical (unpaired) electrons. The van der Waals surface area contributed by atoms with Crippen molar-refractivity contribution in [3.05, 3.63) is 0 Å². The minimum atomic E-state index is -0.110. The van der Waals surface area contributed by atoms with Gasteiger partial charge in [0.1, 0.15) is 0 Å². The highest BCUT2D eigenvalue weighted by Crippen LogP contribution is 2.34. The Labute approximate surface area is 103 Å². The lowest BCUT2D eigenvalue weighted by molar-refractivity contribution is -0.138. The van der Waals surface area contributed by atoms with Crippen molar-refractivity contribution in [1.82, 2.24) is 4.90 Å². The van der Waals surface area contributed by atoms with Crippen LogP contribution in [-0.2, 0) is 9.53 Å². The van der Waals surface area contributed by atoms with Crippen LogP contribution in [0.4, 0.5) is 0 Å². The number of nitrogens with zero attached hydrogens (tertiary/aromatic N) is 1. The van der Waals surface area contributed by atoms with Crippen molar-refractivity contribution >= 4 is 5.91 Å². The van der Waals surface area contributed by atoms with Gasteiger partial charge < -0.3 is 15.4 Å². The molecule has 2 N–H and O–H groups in total. The molecule has 2 heterocycles. The minimum absolute atomic E-state index is 0.109. The van der Waals surface area contributed by atoms with Crippen LogP contribution in [0, 0.1) is 11.3 Å². The van der Waals surface area contributed by atoms with Crippen molar-refractivity contribution in [3.63, 3.8) is 0 Å². The van der Waals surface area contributed by atoms with E-state index in [1.54, 1.807) is 0 Å². The molecule has 0 aromatic carbocycles. The van der Waals surface area contributed by atoms with E-state index in [0.29, 0.717) is 18.6 Å². The van der Waals surface area contributed by atoms with Gasteiger partial charge in [-0.15, -0.1) is 0 Å². The first-order valence-electron chi connectivity index (χ1n) is 6.68. The maximum Gasteiger partial charge on any atom is 0.229 e. The Morgan fingerprint density at radius 1 is 1.41 bits per heavy atom. The van der Waals surface area contributed by atoms with Gasteiger partial charge >= 0.3 is 0 Å². The summed E-state index contributed by atoms with van der Waals surface area (Å²) >= 11 is 0. The van der Waals surface area contributed by atoms with E-state index < -0.39 is 0 Å². The number of hydrogen-bond donors (Lipinski definition) is 1. The van der Waals surface area contributed by atoms with Gasteiger partial charge in [-0.2, -0.15) is 0 Å². The van der Waals surface area contributed by atoms with Crippen LogP contribution in [-0.4, -0.2) is 43.2 Å². The molecule has 2 rings (SSSR count). The number of hydrogen-bond acceptors (Lipinski definition) is 3. The lowest BCUT2D eigenvalue weighted by Crippen LogP contribution is -2.48. The quantitative estimate of drug-likeness (QED) is 0.783. The van der Waals surface area contributed by atoms with E-state index in [1.165, 1.54) is 6.42 Å². The molecule has 2 aliphatic rings. The van der Waals surface area contributed by atoms with Gasteiger partial charge in [-0.3, -0.25) is 4.79 Å². The van der Waals surface area contributed by atoms with Crippen LogP contribution in [0.15, 0.2) is 0 Å². The molecule has 2 unspecified atom stereocenters. The summed E-state index contributed by atoms with van der Waals surface area (Å²) in [6.45, 7) is 7.34. The lowest BCUT2D eigenvalue weighted by atomic mass is 9.78. The Balaban J connectivity index is 1.90. The molecule has 4 nitrogen and oxygen atoms in total. The number of ether oxygens (including phenoxy) is 1. The second kappa shape index (κ2) is 4.94. The number of amides is 1. The highest BCUT2D eigenvalue weighted by atomic mass is 16.5. The zero-order valence-electron chi connectivity index (χ0n) is 10.9. The molecule has 0 aromatic heterocycles. The summed E-state index contributed by atoms with van der Waals surface area (Å²) in [5.41, 5.74) is 6.32. The molecule has 4 heteroatoms. The average molecular weight is 240 g/mol. The zero-order chi connectivity index (χ0) is 12.5. The third kappa shape index (κ3) is 2.63. The van der Waals surface area contributed by atoms with Gasteiger partial charge in [0.15, 0.2) is 0 Å². The molecular weight excluding hydrogens is 216 g/mol. The summed E-state index contributed by atoms with van der Waals surface area (Å²) in [5.74, 6) is 0.0918. The highest BCUT2D eigenvalue weighted by Gasteiger charge is 2.37. The number of likely N-dealkylation sites (tertiary alicyclic amines) is 1. The van der Waals surface area contributed by atoms with Crippen molar-refractivity contribution in [3.8, 4) is 0 Å². The first-order chi connectivity index (χ1) is 8.06. The molecule has 98 valence electrons. The largest absolute Gasteiger partial charge is 0.379 e. The van der Waals surface area contributed by atoms with Crippen molar-refractivity contribution in [2.24, 2.45) is 17.1 Å². The van der Waals surface area contributed by atoms with E-state index in [2.05, 4.69) is 13.8 Å². The highest BCUT2D eigenvalue weighted by molar-refractivity contribution is 5.80. The van der Waals surface area contributed by atoms with Crippen molar-refractivity contribution < 1.29 is 9.53 Å². The fourth-order valence-corrected chi connectivity index (χ4v) is 2.68. The first kappa shape index (κ1) is 12.8. The van der Waals surface area contributed by atoms with E-state index in [4.69, 9.17) is 10.5 Å². The standard InChI is InChI=1S/C13H24N2O2/c1-3-13(2)4-6-15(7-5-13)12(16)10-8-17-9-11(10)14/h10-11H,3-9,14H2,1-2H3. The predicted molar refractivity (Wildman–Crippen MR) is 66.5 cm³/mol. The maximum absolute atomic E-state index is 12.3. The molecule has 17 heavy (non-hydrogen) atoms. The van der Waals surface area contributed by atoms with Crippen LogP contribution in [0.2, 0.25) is 0 Å². The molecule has 1 amide bonds. The topological polar surface area (TPSA) is 55.6 Å².